The van der Waals surface area contributed by atoms with E-state index in [1.54, 1.807) is 6.07 Å². The van der Waals surface area contributed by atoms with Crippen LogP contribution in [-0.2, 0) is 15.9 Å². The summed E-state index contributed by atoms with van der Waals surface area (Å²) in [6, 6.07) is 1.59. The van der Waals surface area contributed by atoms with E-state index in [1.807, 2.05) is 25.9 Å². The number of hydrogen-bond acceptors (Lipinski definition) is 3. The molecule has 19 heavy (non-hydrogen) atoms. The molecule has 1 N–H and O–H groups in total. The van der Waals surface area contributed by atoms with Crippen LogP contribution in [0.25, 0.3) is 0 Å². The van der Waals surface area contributed by atoms with Crippen molar-refractivity contribution in [3.05, 3.63) is 18.0 Å². The zero-order valence-electron chi connectivity index (χ0n) is 11.7. The second-order valence-electron chi connectivity index (χ2n) is 4.65. The molecule has 0 saturated heterocycles. The van der Waals surface area contributed by atoms with Gasteiger partial charge in [0, 0.05) is 25.0 Å². The Morgan fingerprint density at radius 1 is 1.32 bits per heavy atom. The molecule has 110 valence electrons. The van der Waals surface area contributed by atoms with Gasteiger partial charge in [0.2, 0.25) is 10.0 Å². The second-order valence-corrected chi connectivity index (χ2v) is 6.85. The van der Waals surface area contributed by atoms with E-state index in [9.17, 15) is 8.42 Å². The average molecular weight is 308 g/mol. The maximum absolute atomic E-state index is 12.4. The van der Waals surface area contributed by atoms with Gasteiger partial charge in [-0.2, -0.15) is 4.31 Å². The van der Waals surface area contributed by atoms with Crippen LogP contribution in [0.2, 0.25) is 0 Å². The fraction of sp³-hybridized carbons (Fsp3) is 0.667. The summed E-state index contributed by atoms with van der Waals surface area (Å²) in [6.45, 7) is 3.71. The lowest BCUT2D eigenvalue weighted by atomic mass is 10.4. The molecule has 0 aromatic carbocycles. The third kappa shape index (κ3) is 4.49. The third-order valence-corrected chi connectivity index (χ3v) is 5.10. The monoisotopic (exact) mass is 307 g/mol. The number of aromatic amines is 1. The minimum absolute atomic E-state index is 0.280. The zero-order chi connectivity index (χ0) is 14.5. The fourth-order valence-electron chi connectivity index (χ4n) is 1.81. The van der Waals surface area contributed by atoms with Gasteiger partial charge in [0.15, 0.2) is 0 Å². The van der Waals surface area contributed by atoms with Gasteiger partial charge in [-0.25, -0.2) is 8.42 Å². The molecule has 1 aromatic rings. The second kappa shape index (κ2) is 7.28. The maximum Gasteiger partial charge on any atom is 0.244 e. The summed E-state index contributed by atoms with van der Waals surface area (Å²) < 4.78 is 26.3. The molecule has 7 heteroatoms. The maximum atomic E-state index is 12.4. The van der Waals surface area contributed by atoms with E-state index in [0.717, 1.165) is 13.0 Å². The molecule has 0 spiro atoms. The molecule has 0 atom stereocenters. The molecule has 0 aliphatic carbocycles. The van der Waals surface area contributed by atoms with Crippen LogP contribution in [0.5, 0.6) is 0 Å². The summed E-state index contributed by atoms with van der Waals surface area (Å²) in [5.74, 6) is 0.280. The van der Waals surface area contributed by atoms with Crippen LogP contribution in [-0.4, -0.2) is 56.3 Å². The molecule has 0 aliphatic rings. The van der Waals surface area contributed by atoms with Crippen molar-refractivity contribution >= 4 is 21.6 Å². The molecule has 1 heterocycles. The normalized spacial score (nSPS) is 12.5. The number of H-pyrrole nitrogens is 1. The molecular weight excluding hydrogens is 286 g/mol. The average Bonchev–Trinajstić information content (AvgIpc) is 2.83. The van der Waals surface area contributed by atoms with Crippen LogP contribution in [0.4, 0.5) is 0 Å². The largest absolute Gasteiger partial charge is 0.363 e. The fourth-order valence-corrected chi connectivity index (χ4v) is 3.47. The first-order chi connectivity index (χ1) is 8.91. The highest BCUT2D eigenvalue weighted by Crippen LogP contribution is 2.17. The van der Waals surface area contributed by atoms with Crippen LogP contribution >= 0.6 is 11.6 Å². The smallest absolute Gasteiger partial charge is 0.244 e. The number of nitrogens with one attached hydrogen (secondary N) is 1. The van der Waals surface area contributed by atoms with E-state index in [4.69, 9.17) is 11.6 Å². The van der Waals surface area contributed by atoms with Crippen molar-refractivity contribution < 1.29 is 8.42 Å². The highest BCUT2D eigenvalue weighted by molar-refractivity contribution is 7.89. The van der Waals surface area contributed by atoms with Gasteiger partial charge in [-0.05, 0) is 33.1 Å². The predicted octanol–water partition coefficient (Wildman–Crippen LogP) is 1.72. The van der Waals surface area contributed by atoms with Crippen molar-refractivity contribution in [2.24, 2.45) is 0 Å². The van der Waals surface area contributed by atoms with E-state index in [0.29, 0.717) is 18.8 Å². The first-order valence-electron chi connectivity index (χ1n) is 6.30. The predicted molar refractivity (Wildman–Crippen MR) is 78.0 cm³/mol. The molecule has 5 nitrogen and oxygen atoms in total. The first-order valence-corrected chi connectivity index (χ1v) is 8.27. The van der Waals surface area contributed by atoms with E-state index in [1.165, 1.54) is 10.5 Å². The van der Waals surface area contributed by atoms with Crippen LogP contribution in [0.1, 0.15) is 19.0 Å². The molecule has 0 aliphatic heterocycles. The van der Waals surface area contributed by atoms with E-state index >= 15 is 0 Å². The Morgan fingerprint density at radius 3 is 2.47 bits per heavy atom. The number of sulfonamides is 1. The Balaban J connectivity index is 2.77. The van der Waals surface area contributed by atoms with Gasteiger partial charge in [0.1, 0.15) is 0 Å². The standard InChI is InChI=1S/C12H22ClN3O2S/c1-4-16(7-5-6-15(2)3)19(17,18)12-8-11(9-13)14-10-12/h8,10,14H,4-7,9H2,1-3H3. The molecule has 0 saturated carbocycles. The zero-order valence-corrected chi connectivity index (χ0v) is 13.3. The van der Waals surface area contributed by atoms with Gasteiger partial charge >= 0.3 is 0 Å². The van der Waals surface area contributed by atoms with Gasteiger partial charge < -0.3 is 9.88 Å². The highest BCUT2D eigenvalue weighted by Gasteiger charge is 2.23. The summed E-state index contributed by atoms with van der Waals surface area (Å²) in [4.78, 5) is 5.20. The van der Waals surface area contributed by atoms with Crippen LogP contribution in [0.3, 0.4) is 0 Å². The molecule has 0 amide bonds. The number of alkyl halides is 1. The molecule has 0 unspecified atom stereocenters. The lowest BCUT2D eigenvalue weighted by Gasteiger charge is -2.20. The summed E-state index contributed by atoms with van der Waals surface area (Å²) in [7, 11) is 0.538. The minimum atomic E-state index is -3.41. The lowest BCUT2D eigenvalue weighted by molar-refractivity contribution is 0.356. The topological polar surface area (TPSA) is 56.4 Å². The van der Waals surface area contributed by atoms with Crippen LogP contribution < -0.4 is 0 Å². The van der Waals surface area contributed by atoms with Gasteiger partial charge in [-0.15, -0.1) is 11.6 Å². The summed E-state index contributed by atoms with van der Waals surface area (Å²) in [5, 5.41) is 0. The molecule has 0 radical (unpaired) electrons. The Bertz CT molecular complexity index is 485. The van der Waals surface area contributed by atoms with E-state index in [2.05, 4.69) is 4.98 Å². The van der Waals surface area contributed by atoms with Crippen molar-refractivity contribution in [1.29, 1.82) is 0 Å². The minimum Gasteiger partial charge on any atom is -0.363 e. The van der Waals surface area contributed by atoms with Gasteiger partial charge in [-0.3, -0.25) is 0 Å². The Morgan fingerprint density at radius 2 is 2.00 bits per heavy atom. The third-order valence-electron chi connectivity index (χ3n) is 2.86. The molecular formula is C12H22ClN3O2S. The highest BCUT2D eigenvalue weighted by atomic mass is 35.5. The van der Waals surface area contributed by atoms with Gasteiger partial charge in [0.05, 0.1) is 10.8 Å². The van der Waals surface area contributed by atoms with E-state index < -0.39 is 10.0 Å². The first kappa shape index (κ1) is 16.5. The Kier molecular flexibility index (Phi) is 6.32. The number of halogens is 1. The Hall–Kier alpha value is -0.560. The molecule has 1 aromatic heterocycles. The molecule has 1 rings (SSSR count). The number of hydrogen-bond donors (Lipinski definition) is 1. The summed E-state index contributed by atoms with van der Waals surface area (Å²) in [5.41, 5.74) is 0.713. The number of aromatic nitrogens is 1. The number of nitrogens with zero attached hydrogens (tertiary/aromatic N) is 2. The lowest BCUT2D eigenvalue weighted by Crippen LogP contribution is -2.33. The van der Waals surface area contributed by atoms with Crippen molar-refractivity contribution in [3.8, 4) is 0 Å². The van der Waals surface area contributed by atoms with Crippen LogP contribution in [0, 0.1) is 0 Å². The SMILES string of the molecule is CCN(CCCN(C)C)S(=O)(=O)c1c[nH]c(CCl)c1. The summed E-state index contributed by atoms with van der Waals surface area (Å²) in [6.07, 6.45) is 2.31. The Labute approximate surface area is 120 Å². The van der Waals surface area contributed by atoms with Gasteiger partial charge in [0.25, 0.3) is 0 Å². The van der Waals surface area contributed by atoms with Crippen molar-refractivity contribution in [1.82, 2.24) is 14.2 Å². The molecule has 0 fully saturated rings. The molecule has 0 bridgehead atoms. The van der Waals surface area contributed by atoms with E-state index in [-0.39, 0.29) is 10.8 Å². The number of rotatable bonds is 8. The van der Waals surface area contributed by atoms with Gasteiger partial charge in [-0.1, -0.05) is 6.92 Å². The van der Waals surface area contributed by atoms with Crippen LogP contribution in [0.15, 0.2) is 17.2 Å². The van der Waals surface area contributed by atoms with Crippen molar-refractivity contribution in [2.75, 3.05) is 33.7 Å². The quantitative estimate of drug-likeness (QED) is 0.744. The van der Waals surface area contributed by atoms with Crippen molar-refractivity contribution in [3.63, 3.8) is 0 Å². The summed E-state index contributed by atoms with van der Waals surface area (Å²) >= 11 is 5.68. The van der Waals surface area contributed by atoms with Crippen molar-refractivity contribution in [2.45, 2.75) is 24.1 Å².